The highest BCUT2D eigenvalue weighted by molar-refractivity contribution is 7.09. The third kappa shape index (κ3) is 1.97. The second kappa shape index (κ2) is 4.93. The van der Waals surface area contributed by atoms with Crippen molar-refractivity contribution in [3.63, 3.8) is 0 Å². The van der Waals surface area contributed by atoms with Gasteiger partial charge in [0.25, 0.3) is 0 Å². The first-order valence-electron chi connectivity index (χ1n) is 5.65. The molecule has 1 aliphatic rings. The van der Waals surface area contributed by atoms with E-state index in [1.54, 1.807) is 17.5 Å². The van der Waals surface area contributed by atoms with Crippen LogP contribution < -0.4 is 5.32 Å². The van der Waals surface area contributed by atoms with Gasteiger partial charge in [-0.1, -0.05) is 6.92 Å². The molecule has 0 spiro atoms. The molecule has 4 nitrogen and oxygen atoms in total. The number of nitrogens with zero attached hydrogens (tertiary/aromatic N) is 2. The van der Waals surface area contributed by atoms with Crippen molar-refractivity contribution < 1.29 is 4.79 Å². The lowest BCUT2D eigenvalue weighted by Gasteiger charge is -2.25. The van der Waals surface area contributed by atoms with Crippen LogP contribution in [0.5, 0.6) is 0 Å². The van der Waals surface area contributed by atoms with Gasteiger partial charge in [-0.25, -0.2) is 4.98 Å². The number of hydrogen-bond donors (Lipinski definition) is 1. The van der Waals surface area contributed by atoms with Crippen molar-refractivity contribution >= 4 is 17.2 Å². The first-order chi connectivity index (χ1) is 7.77. The number of hydrogen-bond acceptors (Lipinski definition) is 4. The highest BCUT2D eigenvalue weighted by atomic mass is 32.1. The Hall–Kier alpha value is -0.940. The van der Waals surface area contributed by atoms with Crippen molar-refractivity contribution in [2.24, 2.45) is 0 Å². The predicted octanol–water partition coefficient (Wildman–Crippen LogP) is 1.41. The Morgan fingerprint density at radius 2 is 2.56 bits per heavy atom. The van der Waals surface area contributed by atoms with Crippen LogP contribution >= 0.6 is 11.3 Å². The van der Waals surface area contributed by atoms with Crippen LogP contribution in [-0.4, -0.2) is 35.4 Å². The summed E-state index contributed by atoms with van der Waals surface area (Å²) in [6.07, 6.45) is 3.63. The minimum atomic E-state index is -0.00554. The van der Waals surface area contributed by atoms with E-state index in [-0.39, 0.29) is 18.0 Å². The van der Waals surface area contributed by atoms with E-state index in [9.17, 15) is 4.79 Å². The molecule has 2 rings (SSSR count). The van der Waals surface area contributed by atoms with Gasteiger partial charge in [0.2, 0.25) is 5.91 Å². The second-order valence-electron chi connectivity index (χ2n) is 3.96. The Kier molecular flexibility index (Phi) is 3.56. The molecule has 88 valence electrons. The second-order valence-corrected chi connectivity index (χ2v) is 4.88. The molecule has 2 unspecified atom stereocenters. The standard InChI is InChI=1S/C11H17N3OS/c1-3-9(10-13-5-7-16-10)14-6-4-8(12-2)11(14)15/h5,7-9,12H,3-4,6H2,1-2H3. The van der Waals surface area contributed by atoms with E-state index in [0.29, 0.717) is 0 Å². The highest BCUT2D eigenvalue weighted by Crippen LogP contribution is 2.29. The van der Waals surface area contributed by atoms with Crippen LogP contribution in [0.15, 0.2) is 11.6 Å². The fourth-order valence-corrected chi connectivity index (χ4v) is 3.04. The van der Waals surface area contributed by atoms with Crippen LogP contribution in [0, 0.1) is 0 Å². The summed E-state index contributed by atoms with van der Waals surface area (Å²) in [6.45, 7) is 2.94. The molecule has 1 saturated heterocycles. The minimum absolute atomic E-state index is 0.00554. The van der Waals surface area contributed by atoms with Gasteiger partial charge < -0.3 is 10.2 Å². The topological polar surface area (TPSA) is 45.2 Å². The average molecular weight is 239 g/mol. The largest absolute Gasteiger partial charge is 0.332 e. The number of carbonyl (C=O) groups excluding carboxylic acids is 1. The van der Waals surface area contributed by atoms with Crippen molar-refractivity contribution in [1.29, 1.82) is 0 Å². The molecule has 1 aromatic rings. The van der Waals surface area contributed by atoms with E-state index in [0.717, 1.165) is 24.4 Å². The molecule has 1 fully saturated rings. The van der Waals surface area contributed by atoms with Gasteiger partial charge in [0, 0.05) is 18.1 Å². The highest BCUT2D eigenvalue weighted by Gasteiger charge is 2.35. The molecule has 0 bridgehead atoms. The SMILES string of the molecule is CCC(c1nccs1)N1CCC(NC)C1=O. The summed E-state index contributed by atoms with van der Waals surface area (Å²) in [5.74, 6) is 0.213. The molecule has 16 heavy (non-hydrogen) atoms. The van der Waals surface area contributed by atoms with Crippen LogP contribution in [-0.2, 0) is 4.79 Å². The van der Waals surface area contributed by atoms with Crippen molar-refractivity contribution in [3.05, 3.63) is 16.6 Å². The quantitative estimate of drug-likeness (QED) is 0.864. The van der Waals surface area contributed by atoms with Gasteiger partial charge in [0.1, 0.15) is 5.01 Å². The third-order valence-corrected chi connectivity index (χ3v) is 3.96. The smallest absolute Gasteiger partial charge is 0.240 e. The lowest BCUT2D eigenvalue weighted by Crippen LogP contribution is -2.38. The maximum Gasteiger partial charge on any atom is 0.240 e. The summed E-state index contributed by atoms with van der Waals surface area (Å²) in [7, 11) is 1.84. The molecular weight excluding hydrogens is 222 g/mol. The molecule has 1 N–H and O–H groups in total. The van der Waals surface area contributed by atoms with E-state index in [4.69, 9.17) is 0 Å². The molecule has 1 aliphatic heterocycles. The van der Waals surface area contributed by atoms with E-state index in [2.05, 4.69) is 17.2 Å². The van der Waals surface area contributed by atoms with Crippen LogP contribution in [0.4, 0.5) is 0 Å². The van der Waals surface area contributed by atoms with E-state index in [1.807, 2.05) is 17.3 Å². The first kappa shape index (κ1) is 11.5. The molecule has 2 heterocycles. The fraction of sp³-hybridized carbons (Fsp3) is 0.636. The molecule has 2 atom stereocenters. The lowest BCUT2D eigenvalue weighted by atomic mass is 10.2. The van der Waals surface area contributed by atoms with Crippen molar-refractivity contribution in [2.75, 3.05) is 13.6 Å². The van der Waals surface area contributed by atoms with Gasteiger partial charge in [-0.05, 0) is 19.9 Å². The normalized spacial score (nSPS) is 22.8. The van der Waals surface area contributed by atoms with Crippen LogP contribution in [0.3, 0.4) is 0 Å². The molecule has 0 aromatic carbocycles. The Morgan fingerprint density at radius 1 is 1.75 bits per heavy atom. The third-order valence-electron chi connectivity index (χ3n) is 3.09. The monoisotopic (exact) mass is 239 g/mol. The van der Waals surface area contributed by atoms with Crippen LogP contribution in [0.2, 0.25) is 0 Å². The Labute approximate surface area is 99.7 Å². The van der Waals surface area contributed by atoms with Crippen LogP contribution in [0.25, 0.3) is 0 Å². The summed E-state index contributed by atoms with van der Waals surface area (Å²) in [6, 6.07) is 0.153. The van der Waals surface area contributed by atoms with E-state index in [1.165, 1.54) is 0 Å². The van der Waals surface area contributed by atoms with Gasteiger partial charge >= 0.3 is 0 Å². The predicted molar refractivity (Wildman–Crippen MR) is 64.3 cm³/mol. The Bertz CT molecular complexity index is 352. The maximum atomic E-state index is 12.1. The van der Waals surface area contributed by atoms with Crippen molar-refractivity contribution in [2.45, 2.75) is 31.8 Å². The zero-order valence-corrected chi connectivity index (χ0v) is 10.5. The van der Waals surface area contributed by atoms with Crippen molar-refractivity contribution in [1.82, 2.24) is 15.2 Å². The van der Waals surface area contributed by atoms with Gasteiger partial charge in [-0.2, -0.15) is 0 Å². The molecule has 1 aromatic heterocycles. The van der Waals surface area contributed by atoms with Gasteiger partial charge in [-0.3, -0.25) is 4.79 Å². The van der Waals surface area contributed by atoms with Gasteiger partial charge in [0.05, 0.1) is 12.1 Å². The number of likely N-dealkylation sites (tertiary alicyclic amines) is 1. The Balaban J connectivity index is 2.15. The molecular formula is C11H17N3OS. The fourth-order valence-electron chi connectivity index (χ4n) is 2.21. The number of amides is 1. The van der Waals surface area contributed by atoms with Crippen molar-refractivity contribution in [3.8, 4) is 0 Å². The van der Waals surface area contributed by atoms with E-state index < -0.39 is 0 Å². The summed E-state index contributed by atoms with van der Waals surface area (Å²) < 4.78 is 0. The van der Waals surface area contributed by atoms with Gasteiger partial charge in [0.15, 0.2) is 0 Å². The number of nitrogens with one attached hydrogen (secondary N) is 1. The first-order valence-corrected chi connectivity index (χ1v) is 6.53. The number of carbonyl (C=O) groups is 1. The average Bonchev–Trinajstić information content (AvgIpc) is 2.91. The number of rotatable bonds is 4. The molecule has 1 amide bonds. The maximum absolute atomic E-state index is 12.1. The minimum Gasteiger partial charge on any atom is -0.332 e. The number of aromatic nitrogens is 1. The zero-order valence-electron chi connectivity index (χ0n) is 9.64. The van der Waals surface area contributed by atoms with Crippen LogP contribution in [0.1, 0.15) is 30.8 Å². The molecule has 0 radical (unpaired) electrons. The number of likely N-dealkylation sites (N-methyl/N-ethyl adjacent to an activating group) is 1. The summed E-state index contributed by atoms with van der Waals surface area (Å²) in [4.78, 5) is 18.4. The lowest BCUT2D eigenvalue weighted by molar-refractivity contribution is -0.131. The molecule has 0 saturated carbocycles. The Morgan fingerprint density at radius 3 is 3.06 bits per heavy atom. The molecule has 5 heteroatoms. The number of thiazole rings is 1. The van der Waals surface area contributed by atoms with E-state index >= 15 is 0 Å². The van der Waals surface area contributed by atoms with Gasteiger partial charge in [-0.15, -0.1) is 11.3 Å². The summed E-state index contributed by atoms with van der Waals surface area (Å²) in [5.41, 5.74) is 0. The summed E-state index contributed by atoms with van der Waals surface area (Å²) in [5, 5.41) is 6.07. The molecule has 0 aliphatic carbocycles. The zero-order chi connectivity index (χ0) is 11.5. The summed E-state index contributed by atoms with van der Waals surface area (Å²) >= 11 is 1.63.